The highest BCUT2D eigenvalue weighted by atomic mass is 79.9. The van der Waals surface area contributed by atoms with E-state index in [0.29, 0.717) is 0 Å². The van der Waals surface area contributed by atoms with Gasteiger partial charge in [0.05, 0.1) is 5.52 Å². The molecule has 3 aromatic carbocycles. The van der Waals surface area contributed by atoms with Crippen LogP contribution in [-0.4, -0.2) is 14.6 Å². The van der Waals surface area contributed by atoms with Gasteiger partial charge < -0.3 is 0 Å². The normalized spacial score (nSPS) is 11.3. The highest BCUT2D eigenvalue weighted by Gasteiger charge is 2.15. The van der Waals surface area contributed by atoms with Crippen molar-refractivity contribution in [3.8, 4) is 22.5 Å². The Bertz CT molecular complexity index is 1280. The maximum Gasteiger partial charge on any atom is 0.168 e. The zero-order chi connectivity index (χ0) is 18.4. The summed E-state index contributed by atoms with van der Waals surface area (Å²) in [7, 11) is 0. The first-order valence-electron chi connectivity index (χ1n) is 8.49. The van der Waals surface area contributed by atoms with Crippen LogP contribution in [0.4, 0.5) is 0 Å². The molecule has 0 saturated carbocycles. The van der Waals surface area contributed by atoms with Crippen molar-refractivity contribution < 1.29 is 0 Å². The van der Waals surface area contributed by atoms with E-state index < -0.39 is 0 Å². The molecule has 0 aliphatic carbocycles. The molecule has 2 aromatic heterocycles. The number of rotatable bonds is 2. The van der Waals surface area contributed by atoms with E-state index in [0.717, 1.165) is 48.0 Å². The number of hydrogen-bond donors (Lipinski definition) is 0. The van der Waals surface area contributed by atoms with Crippen LogP contribution < -0.4 is 0 Å². The Labute approximate surface area is 172 Å². The fraction of sp³-hybridized carbons (Fsp3) is 0. The zero-order valence-electron chi connectivity index (χ0n) is 14.1. The molecular weight excluding hydrogens is 466 g/mol. The van der Waals surface area contributed by atoms with E-state index in [4.69, 9.17) is 0 Å². The minimum atomic E-state index is 0.835. The fourth-order valence-electron chi connectivity index (χ4n) is 3.40. The van der Waals surface area contributed by atoms with Crippen molar-refractivity contribution in [3.63, 3.8) is 0 Å². The van der Waals surface area contributed by atoms with Gasteiger partial charge in [-0.2, -0.15) is 0 Å². The fourth-order valence-corrected chi connectivity index (χ4v) is 4.02. The lowest BCUT2D eigenvalue weighted by Crippen LogP contribution is -1.94. The summed E-state index contributed by atoms with van der Waals surface area (Å²) >= 11 is 7.11. The van der Waals surface area contributed by atoms with Crippen molar-refractivity contribution in [3.05, 3.63) is 87.8 Å². The van der Waals surface area contributed by atoms with E-state index in [2.05, 4.69) is 107 Å². The first-order valence-corrected chi connectivity index (χ1v) is 10.1. The van der Waals surface area contributed by atoms with Crippen LogP contribution in [0.3, 0.4) is 0 Å². The minimum absolute atomic E-state index is 0.835. The van der Waals surface area contributed by atoms with E-state index in [1.165, 1.54) is 0 Å². The highest BCUT2D eigenvalue weighted by molar-refractivity contribution is 9.10. The number of halogens is 2. The van der Waals surface area contributed by atoms with Gasteiger partial charge in [0.1, 0.15) is 0 Å². The second kappa shape index (κ2) is 6.59. The van der Waals surface area contributed by atoms with Crippen molar-refractivity contribution in [2.75, 3.05) is 0 Å². The Balaban J connectivity index is 1.87. The predicted molar refractivity (Wildman–Crippen MR) is 117 cm³/mol. The molecule has 5 heteroatoms. The molecule has 0 bridgehead atoms. The Hall–Kier alpha value is -2.50. The summed E-state index contributed by atoms with van der Waals surface area (Å²) < 4.78 is 4.21. The highest BCUT2D eigenvalue weighted by Crippen LogP contribution is 2.34. The Morgan fingerprint density at radius 1 is 0.667 bits per heavy atom. The Morgan fingerprint density at radius 3 is 2.19 bits per heavy atom. The van der Waals surface area contributed by atoms with Crippen molar-refractivity contribution in [2.24, 2.45) is 0 Å². The number of nitrogens with zero attached hydrogens (tertiary/aromatic N) is 3. The van der Waals surface area contributed by atoms with Crippen LogP contribution in [0.1, 0.15) is 0 Å². The monoisotopic (exact) mass is 477 g/mol. The molecule has 0 saturated heterocycles. The van der Waals surface area contributed by atoms with Gasteiger partial charge in [-0.3, -0.25) is 4.40 Å². The van der Waals surface area contributed by atoms with Gasteiger partial charge in [-0.1, -0.05) is 74.3 Å². The molecule has 0 N–H and O–H groups in total. The Kier molecular flexibility index (Phi) is 4.06. The van der Waals surface area contributed by atoms with Crippen LogP contribution in [0.5, 0.6) is 0 Å². The largest absolute Gasteiger partial charge is 0.275 e. The quantitative estimate of drug-likeness (QED) is 0.281. The maximum atomic E-state index is 4.49. The molecule has 0 unspecified atom stereocenters. The molecule has 0 spiro atoms. The van der Waals surface area contributed by atoms with Crippen LogP contribution in [0, 0.1) is 0 Å². The van der Waals surface area contributed by atoms with Gasteiger partial charge in [0, 0.05) is 19.9 Å². The molecule has 0 fully saturated rings. The predicted octanol–water partition coefficient (Wildman–Crippen LogP) is 6.74. The molecule has 27 heavy (non-hydrogen) atoms. The van der Waals surface area contributed by atoms with Crippen molar-refractivity contribution in [1.82, 2.24) is 14.6 Å². The molecule has 0 radical (unpaired) electrons. The number of hydrogen-bond acceptors (Lipinski definition) is 2. The SMILES string of the molecule is Brc1ccc(-c2nnc3cc(-c4ccccc4)c4cc(Br)ccc4n23)cc1. The summed E-state index contributed by atoms with van der Waals surface area (Å²) in [6.07, 6.45) is 0. The smallest absolute Gasteiger partial charge is 0.168 e. The molecule has 2 heterocycles. The van der Waals surface area contributed by atoms with Crippen LogP contribution in [0.15, 0.2) is 87.8 Å². The third kappa shape index (κ3) is 2.87. The van der Waals surface area contributed by atoms with Gasteiger partial charge in [0.15, 0.2) is 11.5 Å². The average Bonchev–Trinajstić information content (AvgIpc) is 3.12. The third-order valence-electron chi connectivity index (χ3n) is 4.64. The summed E-state index contributed by atoms with van der Waals surface area (Å²) in [5.41, 5.74) is 5.26. The van der Waals surface area contributed by atoms with Crippen molar-refractivity contribution in [2.45, 2.75) is 0 Å². The van der Waals surface area contributed by atoms with Gasteiger partial charge in [-0.25, -0.2) is 0 Å². The summed E-state index contributed by atoms with van der Waals surface area (Å²) in [4.78, 5) is 0. The zero-order valence-corrected chi connectivity index (χ0v) is 17.3. The molecule has 3 nitrogen and oxygen atoms in total. The van der Waals surface area contributed by atoms with Gasteiger partial charge in [-0.05, 0) is 47.5 Å². The molecule has 0 aliphatic rings. The topological polar surface area (TPSA) is 30.2 Å². The molecule has 130 valence electrons. The van der Waals surface area contributed by atoms with E-state index in [9.17, 15) is 0 Å². The standard InChI is InChI=1S/C22H13Br2N3/c23-16-8-6-15(7-9-16)22-26-25-21-13-18(14-4-2-1-3-5-14)19-12-17(24)10-11-20(19)27(21)22/h1-13H. The molecule has 0 amide bonds. The average molecular weight is 479 g/mol. The van der Waals surface area contributed by atoms with Crippen molar-refractivity contribution >= 4 is 48.4 Å². The van der Waals surface area contributed by atoms with Crippen LogP contribution in [0.25, 0.3) is 39.1 Å². The lowest BCUT2D eigenvalue weighted by Gasteiger charge is -2.11. The summed E-state index contributed by atoms with van der Waals surface area (Å²) in [5, 5.41) is 10.1. The number of benzene rings is 3. The Morgan fingerprint density at radius 2 is 1.41 bits per heavy atom. The van der Waals surface area contributed by atoms with E-state index in [1.807, 2.05) is 18.2 Å². The second-order valence-corrected chi connectivity index (χ2v) is 8.14. The summed E-state index contributed by atoms with van der Waals surface area (Å²) in [6.45, 7) is 0. The van der Waals surface area contributed by atoms with E-state index >= 15 is 0 Å². The van der Waals surface area contributed by atoms with Crippen molar-refractivity contribution in [1.29, 1.82) is 0 Å². The van der Waals surface area contributed by atoms with Crippen LogP contribution in [0.2, 0.25) is 0 Å². The first-order chi connectivity index (χ1) is 13.2. The first kappa shape index (κ1) is 16.7. The summed E-state index contributed by atoms with van der Waals surface area (Å²) in [5.74, 6) is 0.837. The number of aromatic nitrogens is 3. The van der Waals surface area contributed by atoms with E-state index in [-0.39, 0.29) is 0 Å². The van der Waals surface area contributed by atoms with Crippen LogP contribution >= 0.6 is 31.9 Å². The second-order valence-electron chi connectivity index (χ2n) is 6.31. The molecule has 5 aromatic rings. The van der Waals surface area contributed by atoms with Gasteiger partial charge >= 0.3 is 0 Å². The third-order valence-corrected chi connectivity index (χ3v) is 5.66. The van der Waals surface area contributed by atoms with Crippen LogP contribution in [-0.2, 0) is 0 Å². The van der Waals surface area contributed by atoms with Gasteiger partial charge in [0.25, 0.3) is 0 Å². The van der Waals surface area contributed by atoms with Gasteiger partial charge in [-0.15, -0.1) is 10.2 Å². The maximum absolute atomic E-state index is 4.49. The van der Waals surface area contributed by atoms with Gasteiger partial charge in [0.2, 0.25) is 0 Å². The molecular formula is C22H13Br2N3. The molecule has 5 rings (SSSR count). The lowest BCUT2D eigenvalue weighted by molar-refractivity contribution is 1.12. The summed E-state index contributed by atoms with van der Waals surface area (Å²) in [6, 6.07) is 27.0. The number of fused-ring (bicyclic) bond motifs is 3. The molecule has 0 atom stereocenters. The minimum Gasteiger partial charge on any atom is -0.275 e. The molecule has 0 aliphatic heterocycles. The lowest BCUT2D eigenvalue weighted by atomic mass is 10.0. The van der Waals surface area contributed by atoms with E-state index in [1.54, 1.807) is 0 Å². The number of pyridine rings is 1.